The van der Waals surface area contributed by atoms with E-state index in [1.807, 2.05) is 31.1 Å². The van der Waals surface area contributed by atoms with E-state index in [9.17, 15) is 4.79 Å². The number of pyridine rings is 1. The van der Waals surface area contributed by atoms with Crippen LogP contribution in [0, 0.1) is 0 Å². The minimum atomic E-state index is -0.226. The third-order valence-electron chi connectivity index (χ3n) is 2.72. The number of rotatable bonds is 3. The van der Waals surface area contributed by atoms with Crippen LogP contribution in [0.5, 0.6) is 0 Å². The van der Waals surface area contributed by atoms with Gasteiger partial charge in [-0.05, 0) is 36.4 Å². The highest BCUT2D eigenvalue weighted by molar-refractivity contribution is 6.05. The Morgan fingerprint density at radius 2 is 1.89 bits per heavy atom. The molecule has 1 aromatic carbocycles. The first kappa shape index (κ1) is 12.9. The predicted octanol–water partition coefficient (Wildman–Crippen LogP) is 1.98. The third kappa shape index (κ3) is 3.01. The van der Waals surface area contributed by atoms with E-state index in [1.165, 1.54) is 0 Å². The summed E-state index contributed by atoms with van der Waals surface area (Å²) < 4.78 is 0. The molecule has 1 heterocycles. The summed E-state index contributed by atoms with van der Waals surface area (Å²) in [7, 11) is 3.90. The lowest BCUT2D eigenvalue weighted by molar-refractivity contribution is 0.102. The number of benzene rings is 1. The molecule has 2 rings (SSSR count). The van der Waals surface area contributed by atoms with Gasteiger partial charge in [-0.1, -0.05) is 0 Å². The van der Waals surface area contributed by atoms with Gasteiger partial charge in [-0.2, -0.15) is 0 Å². The average molecular weight is 256 g/mol. The van der Waals surface area contributed by atoms with E-state index in [-0.39, 0.29) is 5.91 Å². The summed E-state index contributed by atoms with van der Waals surface area (Å²) in [6.45, 7) is 0. The second kappa shape index (κ2) is 5.39. The van der Waals surface area contributed by atoms with Crippen LogP contribution in [0.25, 0.3) is 0 Å². The molecule has 0 atom stereocenters. The minimum Gasteiger partial charge on any atom is -0.396 e. The largest absolute Gasteiger partial charge is 0.396 e. The number of nitrogens with one attached hydrogen (secondary N) is 1. The van der Waals surface area contributed by atoms with Gasteiger partial charge >= 0.3 is 0 Å². The SMILES string of the molecule is CN(C)c1ccc(C(=O)Nc2ncccc2N)cc1. The lowest BCUT2D eigenvalue weighted by Crippen LogP contribution is -2.15. The summed E-state index contributed by atoms with van der Waals surface area (Å²) in [5, 5.41) is 2.69. The van der Waals surface area contributed by atoms with Crippen LogP contribution in [-0.2, 0) is 0 Å². The molecule has 3 N–H and O–H groups in total. The molecule has 0 saturated carbocycles. The van der Waals surface area contributed by atoms with Crippen molar-refractivity contribution in [1.82, 2.24) is 4.98 Å². The van der Waals surface area contributed by atoms with E-state index < -0.39 is 0 Å². The van der Waals surface area contributed by atoms with Crippen molar-refractivity contribution in [2.75, 3.05) is 30.0 Å². The van der Waals surface area contributed by atoms with Gasteiger partial charge in [0, 0.05) is 31.5 Å². The maximum atomic E-state index is 12.0. The summed E-state index contributed by atoms with van der Waals surface area (Å²) in [6, 6.07) is 10.7. The molecule has 2 aromatic rings. The molecule has 0 aliphatic heterocycles. The summed E-state index contributed by atoms with van der Waals surface area (Å²) in [4.78, 5) is 18.0. The number of anilines is 3. The number of nitrogen functional groups attached to an aromatic ring is 1. The first-order valence-corrected chi connectivity index (χ1v) is 5.87. The lowest BCUT2D eigenvalue weighted by Gasteiger charge is -2.12. The molecule has 5 nitrogen and oxygen atoms in total. The molecule has 1 amide bonds. The van der Waals surface area contributed by atoms with Gasteiger partial charge in [0.15, 0.2) is 5.82 Å². The summed E-state index contributed by atoms with van der Waals surface area (Å²) in [6.07, 6.45) is 1.58. The van der Waals surface area contributed by atoms with Crippen molar-refractivity contribution in [2.24, 2.45) is 0 Å². The highest BCUT2D eigenvalue weighted by Gasteiger charge is 2.08. The molecule has 0 unspecified atom stereocenters. The van der Waals surface area contributed by atoms with Crippen LogP contribution >= 0.6 is 0 Å². The molecule has 0 fully saturated rings. The Morgan fingerprint density at radius 3 is 2.47 bits per heavy atom. The van der Waals surface area contributed by atoms with Gasteiger partial charge in [0.1, 0.15) is 0 Å². The highest BCUT2D eigenvalue weighted by Crippen LogP contribution is 2.16. The van der Waals surface area contributed by atoms with Crippen molar-refractivity contribution in [3.8, 4) is 0 Å². The Hall–Kier alpha value is -2.56. The fourth-order valence-corrected chi connectivity index (χ4v) is 1.61. The maximum absolute atomic E-state index is 12.0. The van der Waals surface area contributed by atoms with E-state index in [4.69, 9.17) is 5.73 Å². The van der Waals surface area contributed by atoms with Crippen LogP contribution in [0.1, 0.15) is 10.4 Å². The number of carbonyl (C=O) groups excluding carboxylic acids is 1. The number of carbonyl (C=O) groups is 1. The number of hydrogen-bond acceptors (Lipinski definition) is 4. The van der Waals surface area contributed by atoms with Gasteiger partial charge in [-0.3, -0.25) is 4.79 Å². The lowest BCUT2D eigenvalue weighted by atomic mass is 10.2. The van der Waals surface area contributed by atoms with Crippen LogP contribution in [-0.4, -0.2) is 25.0 Å². The standard InChI is InChI=1S/C14H16N4O/c1-18(2)11-7-5-10(6-8-11)14(19)17-13-12(15)4-3-9-16-13/h3-9H,15H2,1-2H3,(H,16,17,19). The van der Waals surface area contributed by atoms with Gasteiger partial charge in [0.05, 0.1) is 5.69 Å². The first-order chi connectivity index (χ1) is 9.08. The van der Waals surface area contributed by atoms with Crippen molar-refractivity contribution < 1.29 is 4.79 Å². The van der Waals surface area contributed by atoms with Crippen molar-refractivity contribution >= 4 is 23.1 Å². The molecule has 19 heavy (non-hydrogen) atoms. The number of nitrogens with two attached hydrogens (primary N) is 1. The Bertz CT molecular complexity index is 578. The number of hydrogen-bond donors (Lipinski definition) is 2. The molecule has 0 spiro atoms. The Labute approximate surface area is 112 Å². The van der Waals surface area contributed by atoms with Gasteiger partial charge in [-0.15, -0.1) is 0 Å². The fraction of sp³-hybridized carbons (Fsp3) is 0.143. The number of amides is 1. The van der Waals surface area contributed by atoms with Gasteiger partial charge in [0.2, 0.25) is 0 Å². The van der Waals surface area contributed by atoms with Gasteiger partial charge < -0.3 is 16.0 Å². The second-order valence-electron chi connectivity index (χ2n) is 4.34. The van der Waals surface area contributed by atoms with Crippen LogP contribution in [0.4, 0.5) is 17.2 Å². The molecule has 0 saturated heterocycles. The second-order valence-corrected chi connectivity index (χ2v) is 4.34. The van der Waals surface area contributed by atoms with Gasteiger partial charge in [0.25, 0.3) is 5.91 Å². The number of aromatic nitrogens is 1. The third-order valence-corrected chi connectivity index (χ3v) is 2.72. The topological polar surface area (TPSA) is 71.2 Å². The Kier molecular flexibility index (Phi) is 3.66. The van der Waals surface area contributed by atoms with E-state index in [1.54, 1.807) is 30.5 Å². The normalized spacial score (nSPS) is 10.0. The molecule has 0 aliphatic carbocycles. The molecular formula is C14H16N4O. The average Bonchev–Trinajstić information content (AvgIpc) is 2.41. The van der Waals surface area contributed by atoms with Crippen molar-refractivity contribution in [3.63, 3.8) is 0 Å². The van der Waals surface area contributed by atoms with Crippen LogP contribution in [0.2, 0.25) is 0 Å². The van der Waals surface area contributed by atoms with E-state index in [0.717, 1.165) is 5.69 Å². The summed E-state index contributed by atoms with van der Waals surface area (Å²) in [5.41, 5.74) is 7.77. The van der Waals surface area contributed by atoms with Crippen molar-refractivity contribution in [3.05, 3.63) is 48.2 Å². The Balaban J connectivity index is 2.14. The van der Waals surface area contributed by atoms with Crippen LogP contribution in [0.3, 0.4) is 0 Å². The smallest absolute Gasteiger partial charge is 0.256 e. The van der Waals surface area contributed by atoms with Crippen LogP contribution < -0.4 is 16.0 Å². The maximum Gasteiger partial charge on any atom is 0.256 e. The van der Waals surface area contributed by atoms with E-state index in [0.29, 0.717) is 17.1 Å². The first-order valence-electron chi connectivity index (χ1n) is 5.87. The summed E-state index contributed by atoms with van der Waals surface area (Å²) >= 11 is 0. The molecule has 98 valence electrons. The predicted molar refractivity (Wildman–Crippen MR) is 77.4 cm³/mol. The molecule has 1 aromatic heterocycles. The Morgan fingerprint density at radius 1 is 1.21 bits per heavy atom. The fourth-order valence-electron chi connectivity index (χ4n) is 1.61. The zero-order chi connectivity index (χ0) is 13.8. The van der Waals surface area contributed by atoms with Crippen molar-refractivity contribution in [2.45, 2.75) is 0 Å². The molecule has 0 aliphatic rings. The van der Waals surface area contributed by atoms with Crippen molar-refractivity contribution in [1.29, 1.82) is 0 Å². The molecule has 0 radical (unpaired) electrons. The minimum absolute atomic E-state index is 0.226. The zero-order valence-corrected chi connectivity index (χ0v) is 10.9. The van der Waals surface area contributed by atoms with Crippen LogP contribution in [0.15, 0.2) is 42.6 Å². The quantitative estimate of drug-likeness (QED) is 0.881. The molecule has 5 heteroatoms. The van der Waals surface area contributed by atoms with E-state index in [2.05, 4.69) is 10.3 Å². The monoisotopic (exact) mass is 256 g/mol. The highest BCUT2D eigenvalue weighted by atomic mass is 16.1. The summed E-state index contributed by atoms with van der Waals surface area (Å²) in [5.74, 6) is 0.153. The molecule has 0 bridgehead atoms. The number of nitrogens with zero attached hydrogens (tertiary/aromatic N) is 2. The molecular weight excluding hydrogens is 240 g/mol. The zero-order valence-electron chi connectivity index (χ0n) is 10.9. The van der Waals surface area contributed by atoms with E-state index >= 15 is 0 Å². The van der Waals surface area contributed by atoms with Gasteiger partial charge in [-0.25, -0.2) is 4.98 Å².